The molecule has 18 heavy (non-hydrogen) atoms. The third-order valence-corrected chi connectivity index (χ3v) is 3.46. The van der Waals surface area contributed by atoms with Crippen LogP contribution in [0.1, 0.15) is 23.2 Å². The van der Waals surface area contributed by atoms with Gasteiger partial charge in [-0.05, 0) is 30.9 Å². The summed E-state index contributed by atoms with van der Waals surface area (Å²) in [6.45, 7) is 0.769. The molecule has 0 bridgehead atoms. The van der Waals surface area contributed by atoms with Gasteiger partial charge < -0.3 is 21.5 Å². The third kappa shape index (κ3) is 2.41. The minimum absolute atomic E-state index is 0.174. The summed E-state index contributed by atoms with van der Waals surface area (Å²) in [6.07, 6.45) is 1.44. The molecule has 5 heteroatoms. The quantitative estimate of drug-likeness (QED) is 0.680. The van der Waals surface area contributed by atoms with Crippen molar-refractivity contribution in [1.82, 2.24) is 0 Å². The Morgan fingerprint density at radius 3 is 2.72 bits per heavy atom. The lowest BCUT2D eigenvalue weighted by atomic mass is 9.82. The van der Waals surface area contributed by atoms with Crippen LogP contribution in [0, 0.1) is 5.92 Å². The summed E-state index contributed by atoms with van der Waals surface area (Å²) in [5, 5.41) is 9.28. The van der Waals surface area contributed by atoms with Gasteiger partial charge in [0.05, 0.1) is 23.0 Å². The highest BCUT2D eigenvalue weighted by Crippen LogP contribution is 2.32. The third-order valence-electron chi connectivity index (χ3n) is 3.46. The topological polar surface area (TPSA) is 92.6 Å². The van der Waals surface area contributed by atoms with Gasteiger partial charge in [0.2, 0.25) is 0 Å². The minimum Gasteiger partial charge on any atom is -0.397 e. The molecular weight excluding hydrogens is 230 g/mol. The number of rotatable bonds is 4. The Hall–Kier alpha value is -1.75. The SMILES string of the molecule is CN(CC1CC(O)C1)c1c(N)cccc1C(N)=O. The normalized spacial score (nSPS) is 22.3. The van der Waals surface area contributed by atoms with E-state index in [0.717, 1.165) is 19.4 Å². The molecule has 0 saturated heterocycles. The van der Waals surface area contributed by atoms with Crippen molar-refractivity contribution in [2.45, 2.75) is 18.9 Å². The Labute approximate surface area is 106 Å². The number of nitrogens with two attached hydrogens (primary N) is 2. The molecule has 0 unspecified atom stereocenters. The molecule has 0 radical (unpaired) electrons. The van der Waals surface area contributed by atoms with E-state index >= 15 is 0 Å². The zero-order chi connectivity index (χ0) is 13.3. The van der Waals surface area contributed by atoms with Crippen LogP contribution >= 0.6 is 0 Å². The molecule has 1 fully saturated rings. The standard InChI is InChI=1S/C13H19N3O2/c1-16(7-8-5-9(17)6-8)12-10(13(15)18)3-2-4-11(12)14/h2-4,8-9,17H,5-7,14H2,1H3,(H2,15,18). The average molecular weight is 249 g/mol. The number of primary amides is 1. The van der Waals surface area contributed by atoms with Gasteiger partial charge in [0.15, 0.2) is 0 Å². The van der Waals surface area contributed by atoms with Gasteiger partial charge in [-0.25, -0.2) is 0 Å². The van der Waals surface area contributed by atoms with E-state index in [1.165, 1.54) is 0 Å². The molecular formula is C13H19N3O2. The van der Waals surface area contributed by atoms with Crippen molar-refractivity contribution in [3.05, 3.63) is 23.8 Å². The van der Waals surface area contributed by atoms with Crippen molar-refractivity contribution in [3.8, 4) is 0 Å². The zero-order valence-corrected chi connectivity index (χ0v) is 10.5. The zero-order valence-electron chi connectivity index (χ0n) is 10.5. The highest BCUT2D eigenvalue weighted by molar-refractivity contribution is 6.01. The molecule has 98 valence electrons. The number of carbonyl (C=O) groups excluding carboxylic acids is 1. The van der Waals surface area contributed by atoms with Crippen LogP contribution in [0.2, 0.25) is 0 Å². The Morgan fingerprint density at radius 2 is 2.17 bits per heavy atom. The molecule has 0 spiro atoms. The number of carbonyl (C=O) groups is 1. The number of benzene rings is 1. The van der Waals surface area contributed by atoms with Gasteiger partial charge >= 0.3 is 0 Å². The highest BCUT2D eigenvalue weighted by atomic mass is 16.3. The van der Waals surface area contributed by atoms with Gasteiger partial charge in [-0.2, -0.15) is 0 Å². The Bertz CT molecular complexity index is 456. The fourth-order valence-electron chi connectivity index (χ4n) is 2.51. The van der Waals surface area contributed by atoms with Crippen molar-refractivity contribution in [1.29, 1.82) is 0 Å². The molecule has 0 heterocycles. The molecule has 5 N–H and O–H groups in total. The molecule has 0 aromatic heterocycles. The lowest BCUT2D eigenvalue weighted by molar-refractivity contribution is 0.0464. The van der Waals surface area contributed by atoms with Crippen molar-refractivity contribution in [2.75, 3.05) is 24.2 Å². The van der Waals surface area contributed by atoms with Gasteiger partial charge in [0.1, 0.15) is 0 Å². The number of anilines is 2. The Balaban J connectivity index is 2.18. The number of nitrogens with zero attached hydrogens (tertiary/aromatic N) is 1. The van der Waals surface area contributed by atoms with Crippen LogP contribution in [0.4, 0.5) is 11.4 Å². The number of aliphatic hydroxyl groups is 1. The van der Waals surface area contributed by atoms with Crippen LogP contribution < -0.4 is 16.4 Å². The van der Waals surface area contributed by atoms with Crippen molar-refractivity contribution >= 4 is 17.3 Å². The Morgan fingerprint density at radius 1 is 1.50 bits per heavy atom. The van der Waals surface area contributed by atoms with Crippen LogP contribution in [-0.4, -0.2) is 30.7 Å². The van der Waals surface area contributed by atoms with E-state index in [9.17, 15) is 9.90 Å². The monoisotopic (exact) mass is 249 g/mol. The van der Waals surface area contributed by atoms with Gasteiger partial charge in [0.25, 0.3) is 5.91 Å². The summed E-state index contributed by atoms with van der Waals surface area (Å²) in [6, 6.07) is 5.16. The number of nitrogen functional groups attached to an aromatic ring is 1. The van der Waals surface area contributed by atoms with Gasteiger partial charge in [0, 0.05) is 13.6 Å². The summed E-state index contributed by atoms with van der Waals surface area (Å²) in [5.41, 5.74) is 13.0. The maximum Gasteiger partial charge on any atom is 0.250 e. The first kappa shape index (κ1) is 12.7. The first-order chi connectivity index (χ1) is 8.49. The number of hydrogen-bond acceptors (Lipinski definition) is 4. The van der Waals surface area contributed by atoms with E-state index in [4.69, 9.17) is 11.5 Å². The van der Waals surface area contributed by atoms with E-state index in [1.54, 1.807) is 18.2 Å². The van der Waals surface area contributed by atoms with E-state index in [2.05, 4.69) is 0 Å². The number of hydrogen-bond donors (Lipinski definition) is 3. The molecule has 1 aromatic rings. The second-order valence-electron chi connectivity index (χ2n) is 4.98. The molecule has 1 aromatic carbocycles. The predicted octanol–water partition coefficient (Wildman–Crippen LogP) is 0.575. The fraction of sp³-hybridized carbons (Fsp3) is 0.462. The lowest BCUT2D eigenvalue weighted by Gasteiger charge is -2.36. The van der Waals surface area contributed by atoms with E-state index < -0.39 is 5.91 Å². The molecule has 1 aliphatic rings. The average Bonchev–Trinajstić information content (AvgIpc) is 2.26. The maximum absolute atomic E-state index is 11.4. The molecule has 0 aliphatic heterocycles. The van der Waals surface area contributed by atoms with Crippen LogP contribution in [-0.2, 0) is 0 Å². The van der Waals surface area contributed by atoms with Crippen LogP contribution in [0.3, 0.4) is 0 Å². The van der Waals surface area contributed by atoms with Crippen molar-refractivity contribution in [2.24, 2.45) is 11.7 Å². The first-order valence-electron chi connectivity index (χ1n) is 6.06. The number of aliphatic hydroxyl groups excluding tert-OH is 1. The van der Waals surface area contributed by atoms with E-state index in [1.807, 2.05) is 11.9 Å². The van der Waals surface area contributed by atoms with Crippen LogP contribution in [0.5, 0.6) is 0 Å². The largest absolute Gasteiger partial charge is 0.397 e. The summed E-state index contributed by atoms with van der Waals surface area (Å²) >= 11 is 0. The van der Waals surface area contributed by atoms with Gasteiger partial charge in [-0.1, -0.05) is 6.07 Å². The van der Waals surface area contributed by atoms with Crippen molar-refractivity contribution < 1.29 is 9.90 Å². The Kier molecular flexibility index (Phi) is 3.43. The minimum atomic E-state index is -0.474. The van der Waals surface area contributed by atoms with E-state index in [-0.39, 0.29) is 6.10 Å². The predicted molar refractivity (Wildman–Crippen MR) is 71.4 cm³/mol. The fourth-order valence-corrected chi connectivity index (χ4v) is 2.51. The van der Waals surface area contributed by atoms with Crippen LogP contribution in [0.25, 0.3) is 0 Å². The number of para-hydroxylation sites is 1. The summed E-state index contributed by atoms with van der Waals surface area (Å²) in [5.74, 6) is -0.0249. The first-order valence-corrected chi connectivity index (χ1v) is 6.06. The summed E-state index contributed by atoms with van der Waals surface area (Å²) in [7, 11) is 1.89. The molecule has 2 rings (SSSR count). The highest BCUT2D eigenvalue weighted by Gasteiger charge is 2.29. The van der Waals surface area contributed by atoms with E-state index in [0.29, 0.717) is 22.9 Å². The van der Waals surface area contributed by atoms with Crippen LogP contribution in [0.15, 0.2) is 18.2 Å². The van der Waals surface area contributed by atoms with Gasteiger partial charge in [-0.3, -0.25) is 4.79 Å². The molecule has 1 amide bonds. The number of amides is 1. The lowest BCUT2D eigenvalue weighted by Crippen LogP contribution is -2.38. The molecule has 5 nitrogen and oxygen atoms in total. The van der Waals surface area contributed by atoms with Gasteiger partial charge in [-0.15, -0.1) is 0 Å². The smallest absolute Gasteiger partial charge is 0.250 e. The maximum atomic E-state index is 11.4. The second kappa shape index (κ2) is 4.86. The summed E-state index contributed by atoms with van der Waals surface area (Å²) < 4.78 is 0. The second-order valence-corrected chi connectivity index (χ2v) is 4.98. The molecule has 0 atom stereocenters. The molecule has 1 saturated carbocycles. The summed E-state index contributed by atoms with van der Waals surface area (Å²) in [4.78, 5) is 13.4. The molecule has 1 aliphatic carbocycles. The van der Waals surface area contributed by atoms with Crippen molar-refractivity contribution in [3.63, 3.8) is 0 Å².